The largest absolute Gasteiger partial charge is 0.726 e. The van der Waals surface area contributed by atoms with E-state index < -0.39 is 15.2 Å². The molecule has 0 amide bonds. The average Bonchev–Trinajstić information content (AvgIpc) is 2.76. The van der Waals surface area contributed by atoms with Crippen molar-refractivity contribution < 1.29 is 41.9 Å². The number of nitrogens with zero attached hydrogens (tertiary/aromatic N) is 1. The number of allylic oxidation sites excluding steroid dienone is 2. The van der Waals surface area contributed by atoms with E-state index in [2.05, 4.69) is 23.3 Å². The van der Waals surface area contributed by atoms with Gasteiger partial charge in [0.25, 0.3) is 0 Å². The highest BCUT2D eigenvalue weighted by Crippen LogP contribution is 2.10. The predicted octanol–water partition coefficient (Wildman–Crippen LogP) is 5.67. The molecular weight excluding hydrogens is 462 g/mol. The van der Waals surface area contributed by atoms with Crippen LogP contribution in [0, 0.1) is 0 Å². The fraction of sp³-hybridized carbons (Fsp3) is 0.875. The zero-order valence-electron chi connectivity index (χ0n) is 21.6. The molecule has 34 heavy (non-hydrogen) atoms. The molecule has 0 unspecified atom stereocenters. The molecule has 0 spiro atoms. The molecule has 0 bridgehead atoms. The van der Waals surface area contributed by atoms with Crippen LogP contribution < -0.4 is 0 Å². The standard InChI is InChI=1S/C23H46NO4.CH4O4S/c1-3-5-6-7-8-9-10-11-12-13-14-15-16-17-18-19-23(25)28-22-21-24(26,27)20-4-2;1-5-6(2,3)4/h11-12,26-27H,3-10,13-22H2,1-2H3;1H3,(H,2,3,4)/q+1;/p-1/b12-11-;. The molecule has 0 heterocycles. The lowest BCUT2D eigenvalue weighted by Gasteiger charge is -2.20. The highest BCUT2D eigenvalue weighted by Gasteiger charge is 2.21. The van der Waals surface area contributed by atoms with Gasteiger partial charge >= 0.3 is 5.97 Å². The minimum atomic E-state index is -4.41. The monoisotopic (exact) mass is 511 g/mol. The third-order valence-electron chi connectivity index (χ3n) is 5.14. The van der Waals surface area contributed by atoms with E-state index in [1.165, 1.54) is 57.8 Å². The average molecular weight is 512 g/mol. The van der Waals surface area contributed by atoms with Gasteiger partial charge in [-0.25, -0.2) is 8.42 Å². The molecule has 10 heteroatoms. The molecule has 0 fully saturated rings. The van der Waals surface area contributed by atoms with Crippen LogP contribution in [0.15, 0.2) is 12.2 Å². The summed E-state index contributed by atoms with van der Waals surface area (Å²) >= 11 is 0. The molecule has 9 nitrogen and oxygen atoms in total. The summed E-state index contributed by atoms with van der Waals surface area (Å²) in [5, 5.41) is 19.1. The first-order chi connectivity index (χ1) is 16.1. The van der Waals surface area contributed by atoms with E-state index in [9.17, 15) is 28.2 Å². The molecule has 0 aliphatic rings. The van der Waals surface area contributed by atoms with E-state index in [0.29, 0.717) is 12.8 Å². The number of carbonyl (C=O) groups excluding carboxylic acids is 1. The van der Waals surface area contributed by atoms with Gasteiger partial charge in [-0.3, -0.25) is 8.98 Å². The second-order valence-corrected chi connectivity index (χ2v) is 9.61. The normalized spacial score (nSPS) is 11.9. The van der Waals surface area contributed by atoms with E-state index in [1.54, 1.807) is 0 Å². The number of rotatable bonds is 21. The molecular formula is C24H49NO8S. The third-order valence-corrected chi connectivity index (χ3v) is 5.55. The van der Waals surface area contributed by atoms with E-state index >= 15 is 0 Å². The Morgan fingerprint density at radius 1 is 0.824 bits per heavy atom. The SMILES string of the molecule is CCCCCCCC/C=C\CCCCCCCC(=O)OCC[N+](O)(O)CCC.COS(=O)(=O)[O-]. The third kappa shape index (κ3) is 31.0. The maximum absolute atomic E-state index is 11.6. The van der Waals surface area contributed by atoms with Crippen molar-refractivity contribution in [2.45, 2.75) is 110 Å². The smallest absolute Gasteiger partial charge is 0.305 e. The number of hydroxylamine groups is 4. The number of carbonyl (C=O) groups is 1. The summed E-state index contributed by atoms with van der Waals surface area (Å²) in [6, 6.07) is 0. The Labute approximate surface area is 207 Å². The number of quaternary nitrogens is 1. The van der Waals surface area contributed by atoms with Gasteiger partial charge < -0.3 is 9.29 Å². The Kier molecular flexibility index (Phi) is 24.5. The maximum atomic E-state index is 11.6. The zero-order valence-corrected chi connectivity index (χ0v) is 22.4. The minimum Gasteiger partial charge on any atom is -0.726 e. The molecule has 0 saturated heterocycles. The lowest BCUT2D eigenvalue weighted by atomic mass is 10.1. The quantitative estimate of drug-likeness (QED) is 0.0383. The molecule has 0 rings (SSSR count). The van der Waals surface area contributed by atoms with Crippen LogP contribution in [0.3, 0.4) is 0 Å². The van der Waals surface area contributed by atoms with Crippen molar-refractivity contribution in [3.8, 4) is 0 Å². The van der Waals surface area contributed by atoms with Gasteiger partial charge in [-0.05, 0) is 43.3 Å². The first-order valence-electron chi connectivity index (χ1n) is 12.7. The second-order valence-electron chi connectivity index (χ2n) is 8.46. The van der Waals surface area contributed by atoms with Gasteiger partial charge in [0.05, 0.1) is 7.11 Å². The minimum absolute atomic E-state index is 0.0198. The van der Waals surface area contributed by atoms with Gasteiger partial charge in [0.1, 0.15) is 13.2 Å². The summed E-state index contributed by atoms with van der Waals surface area (Å²) < 4.78 is 36.1. The number of hydrogen-bond acceptors (Lipinski definition) is 8. The lowest BCUT2D eigenvalue weighted by molar-refractivity contribution is -1.24. The van der Waals surface area contributed by atoms with E-state index in [-0.39, 0.29) is 25.7 Å². The number of ether oxygens (including phenoxy) is 1. The Balaban J connectivity index is 0. The Hall–Kier alpha value is -1.04. The summed E-state index contributed by atoms with van der Waals surface area (Å²) in [6.07, 6.45) is 21.8. The molecule has 0 atom stereocenters. The van der Waals surface area contributed by atoms with Crippen LogP contribution in [-0.2, 0) is 24.1 Å². The first-order valence-corrected chi connectivity index (χ1v) is 14.1. The highest BCUT2D eigenvalue weighted by molar-refractivity contribution is 7.80. The van der Waals surface area contributed by atoms with Crippen molar-refractivity contribution in [3.63, 3.8) is 0 Å². The van der Waals surface area contributed by atoms with Gasteiger partial charge in [0.2, 0.25) is 10.4 Å². The topological polar surface area (TPSA) is 133 Å². The van der Waals surface area contributed by atoms with Crippen LogP contribution in [-0.4, -0.2) is 61.0 Å². The van der Waals surface area contributed by atoms with Crippen LogP contribution >= 0.6 is 0 Å². The number of esters is 1. The summed E-state index contributed by atoms with van der Waals surface area (Å²) in [7, 11) is -3.60. The van der Waals surface area contributed by atoms with E-state index in [4.69, 9.17) is 4.74 Å². The highest BCUT2D eigenvalue weighted by atomic mass is 32.3. The fourth-order valence-electron chi connectivity index (χ4n) is 3.19. The Bertz CT molecular complexity index is 594. The molecule has 0 aromatic heterocycles. The molecule has 0 aromatic rings. The van der Waals surface area contributed by atoms with Crippen LogP contribution in [0.4, 0.5) is 0 Å². The second kappa shape index (κ2) is 23.7. The Morgan fingerprint density at radius 3 is 1.76 bits per heavy atom. The van der Waals surface area contributed by atoms with Crippen LogP contribution in [0.25, 0.3) is 0 Å². The van der Waals surface area contributed by atoms with Gasteiger partial charge in [0, 0.05) is 6.42 Å². The van der Waals surface area contributed by atoms with E-state index in [0.717, 1.165) is 32.8 Å². The summed E-state index contributed by atoms with van der Waals surface area (Å²) in [4.78, 5) is 10.5. The van der Waals surface area contributed by atoms with Crippen LogP contribution in [0.5, 0.6) is 0 Å². The lowest BCUT2D eigenvalue weighted by Crippen LogP contribution is -2.44. The first kappa shape index (κ1) is 35.1. The van der Waals surface area contributed by atoms with Crippen LogP contribution in [0.1, 0.15) is 110 Å². The van der Waals surface area contributed by atoms with Crippen molar-refractivity contribution in [2.75, 3.05) is 26.8 Å². The van der Waals surface area contributed by atoms with Crippen molar-refractivity contribution in [2.24, 2.45) is 0 Å². The molecule has 0 aliphatic heterocycles. The number of hydrogen-bond donors (Lipinski definition) is 2. The summed E-state index contributed by atoms with van der Waals surface area (Å²) in [5.74, 6) is -0.242. The summed E-state index contributed by atoms with van der Waals surface area (Å²) in [5.41, 5.74) is 0. The van der Waals surface area contributed by atoms with Gasteiger partial charge in [-0.2, -0.15) is 10.4 Å². The molecule has 0 radical (unpaired) electrons. The van der Waals surface area contributed by atoms with Crippen molar-refractivity contribution in [3.05, 3.63) is 12.2 Å². The molecule has 0 aromatic carbocycles. The molecule has 204 valence electrons. The van der Waals surface area contributed by atoms with Crippen molar-refractivity contribution in [1.29, 1.82) is 0 Å². The molecule has 0 saturated carbocycles. The predicted molar refractivity (Wildman–Crippen MR) is 131 cm³/mol. The maximum Gasteiger partial charge on any atom is 0.305 e. The molecule has 0 aliphatic carbocycles. The fourth-order valence-corrected chi connectivity index (χ4v) is 3.19. The Morgan fingerprint density at radius 2 is 1.29 bits per heavy atom. The van der Waals surface area contributed by atoms with Gasteiger partial charge in [0.15, 0.2) is 6.54 Å². The number of unbranched alkanes of at least 4 members (excludes halogenated alkanes) is 11. The van der Waals surface area contributed by atoms with Crippen LogP contribution in [0.2, 0.25) is 0 Å². The summed E-state index contributed by atoms with van der Waals surface area (Å²) in [6.45, 7) is 4.44. The van der Waals surface area contributed by atoms with Gasteiger partial charge in [-0.1, -0.05) is 77.4 Å². The van der Waals surface area contributed by atoms with Crippen molar-refractivity contribution >= 4 is 16.4 Å². The molecule has 2 N–H and O–H groups in total. The zero-order chi connectivity index (χ0) is 26.1. The van der Waals surface area contributed by atoms with E-state index in [1.807, 2.05) is 6.92 Å². The van der Waals surface area contributed by atoms with Gasteiger partial charge in [-0.15, -0.1) is 0 Å². The van der Waals surface area contributed by atoms with Crippen molar-refractivity contribution in [1.82, 2.24) is 0 Å².